The minimum atomic E-state index is 0.135. The Balaban J connectivity index is 1.95. The van der Waals surface area contributed by atoms with E-state index in [-0.39, 0.29) is 5.54 Å². The molecule has 1 N–H and O–H groups in total. The molecular formula is C17H31N3O. The molecule has 0 saturated carbocycles. The summed E-state index contributed by atoms with van der Waals surface area (Å²) in [5.74, 6) is 2.14. The highest BCUT2D eigenvalue weighted by Crippen LogP contribution is 2.19. The fourth-order valence-electron chi connectivity index (χ4n) is 2.81. The summed E-state index contributed by atoms with van der Waals surface area (Å²) in [6.07, 6.45) is 0. The Kier molecular flexibility index (Phi) is 5.12. The summed E-state index contributed by atoms with van der Waals surface area (Å²) in [7, 11) is 2.20. The van der Waals surface area contributed by atoms with Crippen LogP contribution in [0.25, 0.3) is 0 Å². The van der Waals surface area contributed by atoms with Crippen LogP contribution in [-0.2, 0) is 13.1 Å². The van der Waals surface area contributed by atoms with E-state index in [0.29, 0.717) is 6.04 Å². The molecule has 0 radical (unpaired) electrons. The van der Waals surface area contributed by atoms with Gasteiger partial charge in [0.2, 0.25) is 0 Å². The maximum Gasteiger partial charge on any atom is 0.118 e. The summed E-state index contributed by atoms with van der Waals surface area (Å²) in [5.41, 5.74) is 1.41. The van der Waals surface area contributed by atoms with Gasteiger partial charge in [0.1, 0.15) is 11.5 Å². The fraction of sp³-hybridized carbons (Fsp3) is 0.765. The second kappa shape index (κ2) is 6.51. The number of nitrogens with zero attached hydrogens (tertiary/aromatic N) is 2. The SMILES string of the molecule is Cc1oc(CN2CCN(C)CC2C)cc1CNC(C)(C)C. The number of aryl methyl sites for hydroxylation is 1. The summed E-state index contributed by atoms with van der Waals surface area (Å²) in [5, 5.41) is 3.53. The number of piperazine rings is 1. The molecule has 1 aromatic rings. The largest absolute Gasteiger partial charge is 0.465 e. The van der Waals surface area contributed by atoms with Crippen molar-refractivity contribution in [2.45, 2.75) is 59.3 Å². The van der Waals surface area contributed by atoms with E-state index in [4.69, 9.17) is 4.42 Å². The Morgan fingerprint density at radius 3 is 2.67 bits per heavy atom. The molecule has 0 aromatic carbocycles. The molecule has 1 atom stereocenters. The lowest BCUT2D eigenvalue weighted by atomic mass is 10.1. The highest BCUT2D eigenvalue weighted by molar-refractivity contribution is 5.21. The van der Waals surface area contributed by atoms with Crippen molar-refractivity contribution in [2.24, 2.45) is 0 Å². The molecule has 0 amide bonds. The third-order valence-corrected chi connectivity index (χ3v) is 4.21. The fourth-order valence-corrected chi connectivity index (χ4v) is 2.81. The highest BCUT2D eigenvalue weighted by atomic mass is 16.3. The van der Waals surface area contributed by atoms with Crippen LogP contribution in [0.5, 0.6) is 0 Å². The lowest BCUT2D eigenvalue weighted by Crippen LogP contribution is -2.49. The molecule has 120 valence electrons. The second-order valence-corrected chi connectivity index (χ2v) is 7.48. The molecule has 1 aromatic heterocycles. The van der Waals surface area contributed by atoms with Gasteiger partial charge in [0, 0.05) is 43.3 Å². The number of hydrogen-bond acceptors (Lipinski definition) is 4. The molecule has 1 aliphatic heterocycles. The maximum atomic E-state index is 5.96. The molecule has 1 aliphatic rings. The first-order valence-corrected chi connectivity index (χ1v) is 8.00. The summed E-state index contributed by atoms with van der Waals surface area (Å²) < 4.78 is 5.96. The zero-order chi connectivity index (χ0) is 15.6. The standard InChI is InChI=1S/C17H31N3O/c1-13-11-19(6)7-8-20(13)12-16-9-15(14(2)21-16)10-18-17(3,4)5/h9,13,18H,7-8,10-12H2,1-6H3. The third kappa shape index (κ3) is 4.83. The number of furan rings is 1. The molecule has 1 saturated heterocycles. The predicted octanol–water partition coefficient (Wildman–Crippen LogP) is 2.61. The van der Waals surface area contributed by atoms with Crippen LogP contribution in [0, 0.1) is 6.92 Å². The van der Waals surface area contributed by atoms with Gasteiger partial charge in [-0.3, -0.25) is 4.90 Å². The summed E-state index contributed by atoms with van der Waals surface area (Å²) in [4.78, 5) is 4.91. The Bertz CT molecular complexity index is 461. The van der Waals surface area contributed by atoms with E-state index in [0.717, 1.165) is 44.2 Å². The van der Waals surface area contributed by atoms with Gasteiger partial charge in [0.05, 0.1) is 6.54 Å². The van der Waals surface area contributed by atoms with Crippen LogP contribution in [-0.4, -0.2) is 48.1 Å². The quantitative estimate of drug-likeness (QED) is 0.925. The molecule has 2 heterocycles. The summed E-state index contributed by atoms with van der Waals surface area (Å²) in [6.45, 7) is 16.1. The smallest absolute Gasteiger partial charge is 0.118 e. The van der Waals surface area contributed by atoms with E-state index in [2.05, 4.69) is 62.8 Å². The van der Waals surface area contributed by atoms with E-state index in [1.54, 1.807) is 0 Å². The van der Waals surface area contributed by atoms with Gasteiger partial charge in [0.25, 0.3) is 0 Å². The van der Waals surface area contributed by atoms with Crippen molar-refractivity contribution in [1.29, 1.82) is 0 Å². The average Bonchev–Trinajstić information content (AvgIpc) is 2.70. The van der Waals surface area contributed by atoms with Crippen LogP contribution in [0.2, 0.25) is 0 Å². The zero-order valence-electron chi connectivity index (χ0n) is 14.5. The molecule has 21 heavy (non-hydrogen) atoms. The van der Waals surface area contributed by atoms with E-state index >= 15 is 0 Å². The molecule has 2 rings (SSSR count). The first-order chi connectivity index (χ1) is 9.74. The van der Waals surface area contributed by atoms with Gasteiger partial charge in [-0.1, -0.05) is 0 Å². The maximum absolute atomic E-state index is 5.96. The molecule has 1 fully saturated rings. The van der Waals surface area contributed by atoms with Gasteiger partial charge >= 0.3 is 0 Å². The van der Waals surface area contributed by atoms with Crippen molar-refractivity contribution in [3.05, 3.63) is 23.2 Å². The van der Waals surface area contributed by atoms with Crippen molar-refractivity contribution in [3.63, 3.8) is 0 Å². The lowest BCUT2D eigenvalue weighted by Gasteiger charge is -2.37. The highest BCUT2D eigenvalue weighted by Gasteiger charge is 2.23. The van der Waals surface area contributed by atoms with Crippen molar-refractivity contribution < 1.29 is 4.42 Å². The van der Waals surface area contributed by atoms with Gasteiger partial charge < -0.3 is 14.6 Å². The predicted molar refractivity (Wildman–Crippen MR) is 87.4 cm³/mol. The van der Waals surface area contributed by atoms with Crippen LogP contribution in [0.3, 0.4) is 0 Å². The summed E-state index contributed by atoms with van der Waals surface area (Å²) >= 11 is 0. The van der Waals surface area contributed by atoms with Gasteiger partial charge in [-0.25, -0.2) is 0 Å². The molecule has 4 heteroatoms. The molecule has 0 bridgehead atoms. The topological polar surface area (TPSA) is 31.7 Å². The van der Waals surface area contributed by atoms with Gasteiger partial charge in [-0.15, -0.1) is 0 Å². The number of hydrogen-bond donors (Lipinski definition) is 1. The van der Waals surface area contributed by atoms with Gasteiger partial charge in [-0.2, -0.15) is 0 Å². The van der Waals surface area contributed by atoms with E-state index in [9.17, 15) is 0 Å². The molecule has 0 spiro atoms. The normalized spacial score (nSPS) is 21.9. The zero-order valence-corrected chi connectivity index (χ0v) is 14.5. The molecule has 0 aliphatic carbocycles. The average molecular weight is 293 g/mol. The number of rotatable bonds is 4. The van der Waals surface area contributed by atoms with Crippen molar-refractivity contribution in [3.8, 4) is 0 Å². The molecular weight excluding hydrogens is 262 g/mol. The van der Waals surface area contributed by atoms with Crippen LogP contribution < -0.4 is 5.32 Å². The lowest BCUT2D eigenvalue weighted by molar-refractivity contribution is 0.0872. The number of likely N-dealkylation sites (N-methyl/N-ethyl adjacent to an activating group) is 1. The monoisotopic (exact) mass is 293 g/mol. The summed E-state index contributed by atoms with van der Waals surface area (Å²) in [6, 6.07) is 2.81. The second-order valence-electron chi connectivity index (χ2n) is 7.48. The molecule has 4 nitrogen and oxygen atoms in total. The van der Waals surface area contributed by atoms with Crippen LogP contribution in [0.4, 0.5) is 0 Å². The minimum Gasteiger partial charge on any atom is -0.465 e. The van der Waals surface area contributed by atoms with E-state index in [1.807, 2.05) is 0 Å². The minimum absolute atomic E-state index is 0.135. The van der Waals surface area contributed by atoms with E-state index in [1.165, 1.54) is 5.56 Å². The van der Waals surface area contributed by atoms with Crippen molar-refractivity contribution in [1.82, 2.24) is 15.1 Å². The Morgan fingerprint density at radius 1 is 1.33 bits per heavy atom. The van der Waals surface area contributed by atoms with Crippen LogP contribution in [0.1, 0.15) is 44.8 Å². The first kappa shape index (κ1) is 16.5. The van der Waals surface area contributed by atoms with Crippen LogP contribution >= 0.6 is 0 Å². The number of nitrogens with one attached hydrogen (secondary N) is 1. The van der Waals surface area contributed by atoms with E-state index < -0.39 is 0 Å². The van der Waals surface area contributed by atoms with Crippen molar-refractivity contribution in [2.75, 3.05) is 26.7 Å². The Hall–Kier alpha value is -0.840. The van der Waals surface area contributed by atoms with Crippen LogP contribution in [0.15, 0.2) is 10.5 Å². The Morgan fingerprint density at radius 2 is 2.05 bits per heavy atom. The van der Waals surface area contributed by atoms with Gasteiger partial charge in [-0.05, 0) is 47.7 Å². The molecule has 1 unspecified atom stereocenters. The Labute approximate surface area is 129 Å². The third-order valence-electron chi connectivity index (χ3n) is 4.21. The van der Waals surface area contributed by atoms with Gasteiger partial charge in [0.15, 0.2) is 0 Å². The van der Waals surface area contributed by atoms with Crippen molar-refractivity contribution >= 4 is 0 Å². The first-order valence-electron chi connectivity index (χ1n) is 8.00.